The molecule has 0 bridgehead atoms. The number of fused-ring (bicyclic) bond motifs is 2. The van der Waals surface area contributed by atoms with Crippen LogP contribution in [0.3, 0.4) is 0 Å². The summed E-state index contributed by atoms with van der Waals surface area (Å²) in [5.74, 6) is 0.549. The Hall–Kier alpha value is -4.88. The van der Waals surface area contributed by atoms with E-state index in [0.717, 1.165) is 18.3 Å². The van der Waals surface area contributed by atoms with Crippen molar-refractivity contribution in [3.05, 3.63) is 51.6 Å². The number of aromatic hydroxyl groups is 1. The van der Waals surface area contributed by atoms with Crippen molar-refractivity contribution in [1.82, 2.24) is 39.0 Å². The smallest absolute Gasteiger partial charge is 0.299 e. The predicted octanol–water partition coefficient (Wildman–Crippen LogP) is 0.416. The fraction of sp³-hybridized carbons (Fsp3) is 0.385. The van der Waals surface area contributed by atoms with E-state index < -0.39 is 5.91 Å². The maximum atomic E-state index is 13.9. The molecule has 6 heterocycles. The SMILES string of the molecule is CCc1c(N2CCN(C(=O)c3ncnc(C)c3O)CC2)c(=O)n2nc(-c3cnc4c(c3)CCO4)nc2n1CC=O. The summed E-state index contributed by atoms with van der Waals surface area (Å²) in [4.78, 5) is 59.0. The van der Waals surface area contributed by atoms with Crippen LogP contribution in [0.4, 0.5) is 5.69 Å². The molecule has 14 heteroatoms. The molecule has 4 aromatic heterocycles. The third-order valence-corrected chi connectivity index (χ3v) is 7.30. The Morgan fingerprint density at radius 1 is 1.18 bits per heavy atom. The summed E-state index contributed by atoms with van der Waals surface area (Å²) in [5, 5.41) is 14.8. The summed E-state index contributed by atoms with van der Waals surface area (Å²) >= 11 is 0. The molecule has 4 aromatic rings. The van der Waals surface area contributed by atoms with Gasteiger partial charge in [-0.1, -0.05) is 6.92 Å². The van der Waals surface area contributed by atoms with E-state index in [0.29, 0.717) is 73.5 Å². The van der Waals surface area contributed by atoms with Crippen LogP contribution >= 0.6 is 0 Å². The van der Waals surface area contributed by atoms with Crippen LogP contribution in [0.15, 0.2) is 23.4 Å². The second kappa shape index (κ2) is 10.0. The van der Waals surface area contributed by atoms with Crippen LogP contribution in [0.1, 0.15) is 34.4 Å². The maximum Gasteiger partial charge on any atom is 0.299 e. The number of rotatable bonds is 6. The molecule has 0 radical (unpaired) electrons. The molecule has 0 spiro atoms. The third kappa shape index (κ3) is 4.12. The van der Waals surface area contributed by atoms with Crippen molar-refractivity contribution in [3.63, 3.8) is 0 Å². The van der Waals surface area contributed by atoms with Gasteiger partial charge >= 0.3 is 0 Å². The molecule has 1 fully saturated rings. The summed E-state index contributed by atoms with van der Waals surface area (Å²) < 4.78 is 8.44. The number of pyridine rings is 1. The number of aldehydes is 1. The lowest BCUT2D eigenvalue weighted by Crippen LogP contribution is -2.51. The van der Waals surface area contributed by atoms with Crippen LogP contribution in [-0.4, -0.2) is 89.1 Å². The number of hydrogen-bond acceptors (Lipinski definition) is 11. The number of carbonyl (C=O) groups is 2. The fourth-order valence-electron chi connectivity index (χ4n) is 5.24. The van der Waals surface area contributed by atoms with Crippen molar-refractivity contribution in [2.75, 3.05) is 37.7 Å². The topological polar surface area (TPSA) is 161 Å². The van der Waals surface area contributed by atoms with Gasteiger partial charge in [0.25, 0.3) is 11.5 Å². The summed E-state index contributed by atoms with van der Waals surface area (Å²) in [7, 11) is 0. The van der Waals surface area contributed by atoms with Crippen molar-refractivity contribution in [2.45, 2.75) is 33.2 Å². The number of amides is 1. The zero-order valence-corrected chi connectivity index (χ0v) is 22.1. The van der Waals surface area contributed by atoms with Gasteiger partial charge in [0.1, 0.15) is 18.3 Å². The molecule has 0 atom stereocenters. The first-order valence-electron chi connectivity index (χ1n) is 13.0. The van der Waals surface area contributed by atoms with E-state index in [2.05, 4.69) is 25.0 Å². The lowest BCUT2D eigenvalue weighted by molar-refractivity contribution is -0.108. The van der Waals surface area contributed by atoms with Crippen LogP contribution in [0.25, 0.3) is 17.2 Å². The van der Waals surface area contributed by atoms with E-state index in [9.17, 15) is 19.5 Å². The van der Waals surface area contributed by atoms with Crippen LogP contribution in [0, 0.1) is 6.92 Å². The van der Waals surface area contributed by atoms with Gasteiger partial charge in [-0.25, -0.2) is 15.0 Å². The quantitative estimate of drug-likeness (QED) is 0.334. The number of piperazine rings is 1. The molecule has 0 unspecified atom stereocenters. The van der Waals surface area contributed by atoms with Crippen LogP contribution < -0.4 is 15.2 Å². The van der Waals surface area contributed by atoms with Gasteiger partial charge in [-0.2, -0.15) is 9.50 Å². The van der Waals surface area contributed by atoms with E-state index in [1.807, 2.05) is 17.9 Å². The van der Waals surface area contributed by atoms with Gasteiger partial charge in [0, 0.05) is 49.9 Å². The van der Waals surface area contributed by atoms with E-state index in [1.165, 1.54) is 10.8 Å². The molecule has 0 aromatic carbocycles. The molecule has 6 rings (SSSR count). The van der Waals surface area contributed by atoms with Crippen molar-refractivity contribution in [2.24, 2.45) is 0 Å². The third-order valence-electron chi connectivity index (χ3n) is 7.30. The van der Waals surface area contributed by atoms with E-state index >= 15 is 0 Å². The molecule has 206 valence electrons. The Kier molecular flexibility index (Phi) is 6.36. The van der Waals surface area contributed by atoms with Crippen LogP contribution in [-0.2, 0) is 24.2 Å². The van der Waals surface area contributed by atoms with Crippen molar-refractivity contribution >= 4 is 23.7 Å². The molecule has 14 nitrogen and oxygen atoms in total. The first kappa shape index (κ1) is 25.4. The standard InChI is InChI=1S/C26H27N9O5/c1-3-18-20(32-5-7-33(8-6-32)24(38)19-21(37)15(2)28-14-29-19)25(39)35-26(34(18)9-10-36)30-22(31-35)17-12-16-4-11-40-23(16)27-13-17/h10,12-14,37H,3-9,11H2,1-2H3. The van der Waals surface area contributed by atoms with Gasteiger partial charge in [-0.05, 0) is 19.4 Å². The zero-order valence-electron chi connectivity index (χ0n) is 22.1. The van der Waals surface area contributed by atoms with Gasteiger partial charge in [0.05, 0.1) is 24.5 Å². The number of hydrogen-bond donors (Lipinski definition) is 1. The minimum atomic E-state index is -0.401. The van der Waals surface area contributed by atoms with Crippen molar-refractivity contribution < 1.29 is 19.4 Å². The second-order valence-corrected chi connectivity index (χ2v) is 9.60. The minimum absolute atomic E-state index is 0.000838. The highest BCUT2D eigenvalue weighted by atomic mass is 16.5. The summed E-state index contributed by atoms with van der Waals surface area (Å²) in [5.41, 5.74) is 2.60. The molecule has 2 aliphatic heterocycles. The number of carbonyl (C=O) groups excluding carboxylic acids is 2. The zero-order chi connectivity index (χ0) is 28.0. The maximum absolute atomic E-state index is 13.9. The first-order valence-corrected chi connectivity index (χ1v) is 13.0. The average molecular weight is 546 g/mol. The molecule has 1 N–H and O–H groups in total. The van der Waals surface area contributed by atoms with Gasteiger partial charge in [0.2, 0.25) is 11.7 Å². The Labute approximate surface area is 227 Å². The lowest BCUT2D eigenvalue weighted by atomic mass is 10.1. The first-order chi connectivity index (χ1) is 19.4. The van der Waals surface area contributed by atoms with Crippen LogP contribution in [0.2, 0.25) is 0 Å². The van der Waals surface area contributed by atoms with Gasteiger partial charge in [-0.15, -0.1) is 5.10 Å². The summed E-state index contributed by atoms with van der Waals surface area (Å²) in [6.45, 7) is 5.42. The van der Waals surface area contributed by atoms with Crippen LogP contribution in [0.5, 0.6) is 11.6 Å². The minimum Gasteiger partial charge on any atom is -0.504 e. The highest BCUT2D eigenvalue weighted by Gasteiger charge is 2.30. The number of aromatic nitrogens is 7. The molecule has 2 aliphatic rings. The van der Waals surface area contributed by atoms with E-state index in [1.54, 1.807) is 22.6 Å². The monoisotopic (exact) mass is 545 g/mol. The number of aryl methyl sites for hydroxylation is 1. The van der Waals surface area contributed by atoms with Gasteiger partial charge < -0.3 is 29.0 Å². The Bertz CT molecular complexity index is 1710. The number of ether oxygens (including phenoxy) is 1. The summed E-state index contributed by atoms with van der Waals surface area (Å²) in [6, 6.07) is 1.91. The highest BCUT2D eigenvalue weighted by molar-refractivity contribution is 5.95. The van der Waals surface area contributed by atoms with E-state index in [-0.39, 0.29) is 29.3 Å². The Morgan fingerprint density at radius 3 is 2.73 bits per heavy atom. The molecule has 0 saturated carbocycles. The Balaban J connectivity index is 1.36. The van der Waals surface area contributed by atoms with Gasteiger partial charge in [0.15, 0.2) is 17.3 Å². The average Bonchev–Trinajstić information content (AvgIpc) is 3.63. The molecule has 40 heavy (non-hydrogen) atoms. The fourth-order valence-corrected chi connectivity index (χ4v) is 5.24. The number of nitrogens with zero attached hydrogens (tertiary/aromatic N) is 9. The lowest BCUT2D eigenvalue weighted by Gasteiger charge is -2.36. The largest absolute Gasteiger partial charge is 0.504 e. The summed E-state index contributed by atoms with van der Waals surface area (Å²) in [6.07, 6.45) is 4.83. The van der Waals surface area contributed by atoms with Crippen molar-refractivity contribution in [1.29, 1.82) is 0 Å². The molecule has 1 saturated heterocycles. The number of anilines is 1. The molecule has 1 amide bonds. The molecular weight excluding hydrogens is 518 g/mol. The molecule has 0 aliphatic carbocycles. The van der Waals surface area contributed by atoms with E-state index in [4.69, 9.17) is 4.74 Å². The Morgan fingerprint density at radius 2 is 1.98 bits per heavy atom. The van der Waals surface area contributed by atoms with Crippen molar-refractivity contribution in [3.8, 4) is 23.0 Å². The normalized spacial score (nSPS) is 14.8. The second-order valence-electron chi connectivity index (χ2n) is 9.60. The van der Waals surface area contributed by atoms with Gasteiger partial charge in [-0.3, -0.25) is 9.59 Å². The highest BCUT2D eigenvalue weighted by Crippen LogP contribution is 2.28. The molecular formula is C26H27N9O5. The predicted molar refractivity (Wildman–Crippen MR) is 142 cm³/mol.